The number of aliphatic hydroxyl groups excluding tert-OH is 1. The van der Waals surface area contributed by atoms with E-state index in [1.165, 1.54) is 0 Å². The molecule has 0 bridgehead atoms. The molecule has 2 unspecified atom stereocenters. The second-order valence-corrected chi connectivity index (χ2v) is 7.47. The van der Waals surface area contributed by atoms with Crippen LogP contribution in [0.4, 0.5) is 9.59 Å². The highest BCUT2D eigenvalue weighted by molar-refractivity contribution is 5.82. The number of carboxylic acid groups (broad SMARTS) is 1. The maximum Gasteiger partial charge on any atom is 0.404 e. The maximum atomic E-state index is 12.4. The van der Waals surface area contributed by atoms with Gasteiger partial charge in [0.1, 0.15) is 0 Å². The summed E-state index contributed by atoms with van der Waals surface area (Å²) in [4.78, 5) is 37.3. The first-order chi connectivity index (χ1) is 14.9. The van der Waals surface area contributed by atoms with E-state index in [0.29, 0.717) is 45.7 Å². The first-order valence-corrected chi connectivity index (χ1v) is 10.5. The van der Waals surface area contributed by atoms with Crippen LogP contribution in [0, 0.1) is 0 Å². The number of hydrogen-bond acceptors (Lipinski definition) is 5. The molecule has 1 aromatic rings. The molecule has 2 rings (SSSR count). The number of nitrogens with zero attached hydrogens (tertiary/aromatic N) is 1. The highest BCUT2D eigenvalue weighted by Gasteiger charge is 2.28. The molecule has 3 atom stereocenters. The van der Waals surface area contributed by atoms with Gasteiger partial charge >= 0.3 is 12.1 Å². The Labute approximate surface area is 181 Å². The quantitative estimate of drug-likeness (QED) is 0.348. The third-order valence-corrected chi connectivity index (χ3v) is 5.13. The van der Waals surface area contributed by atoms with E-state index >= 15 is 0 Å². The smallest absolute Gasteiger partial charge is 0.404 e. The van der Waals surface area contributed by atoms with Gasteiger partial charge in [-0.25, -0.2) is 9.59 Å². The molecule has 0 aromatic heterocycles. The number of ether oxygens (including phenoxy) is 1. The van der Waals surface area contributed by atoms with Gasteiger partial charge < -0.3 is 35.8 Å². The molecule has 0 radical (unpaired) electrons. The Bertz CT molecular complexity index is 711. The summed E-state index contributed by atoms with van der Waals surface area (Å²) in [5, 5.41) is 27.2. The lowest BCUT2D eigenvalue weighted by atomic mass is 10.0. The summed E-state index contributed by atoms with van der Waals surface area (Å²) in [6.07, 6.45) is -1.47. The lowest BCUT2D eigenvalue weighted by Crippen LogP contribution is -2.50. The average molecular weight is 437 g/mol. The fraction of sp³-hybridized carbons (Fsp3) is 0.571. The highest BCUT2D eigenvalue weighted by atomic mass is 16.5. The minimum atomic E-state index is -1.52. The monoisotopic (exact) mass is 436 g/mol. The molecule has 0 aliphatic carbocycles. The Morgan fingerprint density at radius 2 is 1.77 bits per heavy atom. The fourth-order valence-electron chi connectivity index (χ4n) is 3.34. The molecular weight excluding hydrogens is 404 g/mol. The zero-order valence-corrected chi connectivity index (χ0v) is 17.8. The van der Waals surface area contributed by atoms with E-state index in [4.69, 9.17) is 9.84 Å². The van der Waals surface area contributed by atoms with Gasteiger partial charge in [0.2, 0.25) is 0 Å². The Morgan fingerprint density at radius 1 is 1.10 bits per heavy atom. The van der Waals surface area contributed by atoms with Crippen molar-refractivity contribution < 1.29 is 29.3 Å². The van der Waals surface area contributed by atoms with Crippen LogP contribution in [0.2, 0.25) is 0 Å². The SMILES string of the molecule is C[C@@H](NC(=O)C(O)C(CCCCNC(=O)N1CCOCC1)NC(=O)O)c1ccccc1. The van der Waals surface area contributed by atoms with Crippen LogP contribution in [0.5, 0.6) is 0 Å². The van der Waals surface area contributed by atoms with Crippen LogP contribution >= 0.6 is 0 Å². The number of carbonyl (C=O) groups excluding carboxylic acids is 2. The van der Waals surface area contributed by atoms with Gasteiger partial charge in [-0.1, -0.05) is 30.3 Å². The molecular formula is C21H32N4O6. The third kappa shape index (κ3) is 8.42. The van der Waals surface area contributed by atoms with Crippen molar-refractivity contribution in [1.82, 2.24) is 20.9 Å². The molecule has 1 aliphatic rings. The van der Waals surface area contributed by atoms with E-state index in [2.05, 4.69) is 16.0 Å². The molecule has 1 heterocycles. The summed E-state index contributed by atoms with van der Waals surface area (Å²) in [6, 6.07) is 7.84. The number of amides is 4. The van der Waals surface area contributed by atoms with E-state index < -0.39 is 24.1 Å². The number of benzene rings is 1. The lowest BCUT2D eigenvalue weighted by molar-refractivity contribution is -0.131. The number of nitrogens with one attached hydrogen (secondary N) is 3. The Balaban J connectivity index is 1.77. The lowest BCUT2D eigenvalue weighted by Gasteiger charge is -2.27. The Kier molecular flexibility index (Phi) is 10.0. The van der Waals surface area contributed by atoms with Gasteiger partial charge in [0.05, 0.1) is 25.3 Å². The van der Waals surface area contributed by atoms with E-state index in [9.17, 15) is 19.5 Å². The van der Waals surface area contributed by atoms with Gasteiger partial charge in [-0.2, -0.15) is 0 Å². The summed E-state index contributed by atoms with van der Waals surface area (Å²) in [5.74, 6) is -0.643. The number of morpholine rings is 1. The van der Waals surface area contributed by atoms with Gasteiger partial charge in [-0.15, -0.1) is 0 Å². The third-order valence-electron chi connectivity index (χ3n) is 5.13. The van der Waals surface area contributed by atoms with Crippen molar-refractivity contribution in [3.05, 3.63) is 35.9 Å². The van der Waals surface area contributed by atoms with Crippen molar-refractivity contribution in [3.63, 3.8) is 0 Å². The number of aliphatic hydroxyl groups is 1. The van der Waals surface area contributed by atoms with Crippen molar-refractivity contribution in [1.29, 1.82) is 0 Å². The normalized spacial score (nSPS) is 16.6. The number of urea groups is 1. The zero-order chi connectivity index (χ0) is 22.6. The molecule has 0 spiro atoms. The minimum absolute atomic E-state index is 0.155. The number of hydrogen-bond donors (Lipinski definition) is 5. The van der Waals surface area contributed by atoms with Crippen LogP contribution in [-0.4, -0.2) is 78.1 Å². The summed E-state index contributed by atoms with van der Waals surface area (Å²) in [5.41, 5.74) is 0.877. The van der Waals surface area contributed by atoms with E-state index in [-0.39, 0.29) is 18.5 Å². The Morgan fingerprint density at radius 3 is 2.42 bits per heavy atom. The summed E-state index contributed by atoms with van der Waals surface area (Å²) in [6.45, 7) is 4.37. The number of rotatable bonds is 10. The average Bonchev–Trinajstić information content (AvgIpc) is 2.78. The fourth-order valence-corrected chi connectivity index (χ4v) is 3.34. The van der Waals surface area contributed by atoms with Crippen molar-refractivity contribution in [3.8, 4) is 0 Å². The molecule has 10 nitrogen and oxygen atoms in total. The van der Waals surface area contributed by atoms with E-state index in [1.807, 2.05) is 30.3 Å². The molecule has 1 aromatic carbocycles. The summed E-state index contributed by atoms with van der Waals surface area (Å²) in [7, 11) is 0. The van der Waals surface area contributed by atoms with Crippen molar-refractivity contribution in [2.45, 2.75) is 44.4 Å². The molecule has 5 N–H and O–H groups in total. The van der Waals surface area contributed by atoms with Gasteiger partial charge in [0.15, 0.2) is 6.10 Å². The second kappa shape index (κ2) is 12.8. The van der Waals surface area contributed by atoms with Crippen LogP contribution in [0.25, 0.3) is 0 Å². The van der Waals surface area contributed by atoms with Crippen molar-refractivity contribution in [2.24, 2.45) is 0 Å². The molecule has 31 heavy (non-hydrogen) atoms. The molecule has 172 valence electrons. The van der Waals surface area contributed by atoms with Gasteiger partial charge in [0.25, 0.3) is 5.91 Å². The van der Waals surface area contributed by atoms with Crippen LogP contribution in [0.3, 0.4) is 0 Å². The molecule has 0 saturated carbocycles. The summed E-state index contributed by atoms with van der Waals surface area (Å²) < 4.78 is 5.21. The Hall–Kier alpha value is -2.85. The molecule has 1 aliphatic heterocycles. The van der Waals surface area contributed by atoms with Crippen LogP contribution in [-0.2, 0) is 9.53 Å². The van der Waals surface area contributed by atoms with Crippen LogP contribution in [0.1, 0.15) is 37.8 Å². The molecule has 1 fully saturated rings. The maximum absolute atomic E-state index is 12.4. The van der Waals surface area contributed by atoms with Crippen molar-refractivity contribution >= 4 is 18.0 Å². The highest BCUT2D eigenvalue weighted by Crippen LogP contribution is 2.13. The number of unbranched alkanes of at least 4 members (excludes halogenated alkanes) is 1. The predicted molar refractivity (Wildman–Crippen MR) is 114 cm³/mol. The second-order valence-electron chi connectivity index (χ2n) is 7.47. The van der Waals surface area contributed by atoms with Crippen LogP contribution < -0.4 is 16.0 Å². The molecule has 4 amide bonds. The molecule has 1 saturated heterocycles. The van der Waals surface area contributed by atoms with Gasteiger partial charge in [-0.05, 0) is 31.7 Å². The summed E-state index contributed by atoms with van der Waals surface area (Å²) >= 11 is 0. The molecule has 10 heteroatoms. The van der Waals surface area contributed by atoms with Gasteiger partial charge in [-0.3, -0.25) is 4.79 Å². The van der Waals surface area contributed by atoms with Gasteiger partial charge in [0, 0.05) is 19.6 Å². The first kappa shape index (κ1) is 24.4. The minimum Gasteiger partial charge on any atom is -0.465 e. The zero-order valence-electron chi connectivity index (χ0n) is 17.8. The standard InChI is InChI=1S/C21H32N4O6/c1-15(16-7-3-2-4-8-16)23-19(27)18(26)17(24-21(29)30)9-5-6-10-22-20(28)25-11-13-31-14-12-25/h2-4,7-8,15,17-18,24,26H,5-6,9-14H2,1H3,(H,22,28)(H,23,27)(H,29,30)/t15-,17?,18?/m1/s1. The number of carbonyl (C=O) groups is 3. The first-order valence-electron chi connectivity index (χ1n) is 10.5. The topological polar surface area (TPSA) is 140 Å². The largest absolute Gasteiger partial charge is 0.465 e. The van der Waals surface area contributed by atoms with Crippen LogP contribution in [0.15, 0.2) is 30.3 Å². The van der Waals surface area contributed by atoms with Crippen molar-refractivity contribution in [2.75, 3.05) is 32.8 Å². The van der Waals surface area contributed by atoms with E-state index in [0.717, 1.165) is 5.56 Å². The predicted octanol–water partition coefficient (Wildman–Crippen LogP) is 1.07. The van der Waals surface area contributed by atoms with E-state index in [1.54, 1.807) is 11.8 Å².